The van der Waals surface area contributed by atoms with Crippen molar-refractivity contribution in [2.75, 3.05) is 5.32 Å². The van der Waals surface area contributed by atoms with Crippen LogP contribution >= 0.6 is 0 Å². The molecule has 104 valence electrons. The Morgan fingerprint density at radius 1 is 0.900 bits per heavy atom. The second-order valence-corrected chi connectivity index (χ2v) is 5.10. The van der Waals surface area contributed by atoms with Crippen LogP contribution in [0.5, 0.6) is 5.75 Å². The van der Waals surface area contributed by atoms with Crippen molar-refractivity contribution in [3.63, 3.8) is 0 Å². The number of hydrogen-bond donors (Lipinski definition) is 1. The average molecular weight is 269 g/mol. The Kier molecular flexibility index (Phi) is 4.08. The SMILES string of the molecule is Cc1ccc(NC(=O)Oc2ccc(C)cc2C)c(C)c1. The highest BCUT2D eigenvalue weighted by molar-refractivity contribution is 5.87. The first kappa shape index (κ1) is 14.1. The van der Waals surface area contributed by atoms with E-state index in [4.69, 9.17) is 4.74 Å². The molecule has 2 aromatic rings. The molecule has 0 aromatic heterocycles. The third-order valence-electron chi connectivity index (χ3n) is 3.15. The van der Waals surface area contributed by atoms with Gasteiger partial charge in [0.1, 0.15) is 5.75 Å². The lowest BCUT2D eigenvalue weighted by Crippen LogP contribution is -2.17. The van der Waals surface area contributed by atoms with Gasteiger partial charge in [-0.25, -0.2) is 4.79 Å². The van der Waals surface area contributed by atoms with E-state index >= 15 is 0 Å². The summed E-state index contributed by atoms with van der Waals surface area (Å²) in [6, 6.07) is 11.6. The molecule has 0 aliphatic heterocycles. The largest absolute Gasteiger partial charge is 0.417 e. The van der Waals surface area contributed by atoms with Gasteiger partial charge in [-0.15, -0.1) is 0 Å². The lowest BCUT2D eigenvalue weighted by molar-refractivity contribution is 0.215. The van der Waals surface area contributed by atoms with Crippen LogP contribution in [-0.2, 0) is 0 Å². The summed E-state index contributed by atoms with van der Waals surface area (Å²) in [5.74, 6) is 0.581. The second kappa shape index (κ2) is 5.78. The first-order chi connectivity index (χ1) is 9.45. The van der Waals surface area contributed by atoms with E-state index in [0.29, 0.717) is 5.75 Å². The van der Waals surface area contributed by atoms with Crippen LogP contribution in [0, 0.1) is 27.7 Å². The van der Waals surface area contributed by atoms with Gasteiger partial charge < -0.3 is 4.74 Å². The van der Waals surface area contributed by atoms with Crippen LogP contribution < -0.4 is 10.1 Å². The number of ether oxygens (including phenoxy) is 1. The second-order valence-electron chi connectivity index (χ2n) is 5.10. The van der Waals surface area contributed by atoms with Gasteiger partial charge in [0.2, 0.25) is 0 Å². The third-order valence-corrected chi connectivity index (χ3v) is 3.15. The molecule has 20 heavy (non-hydrogen) atoms. The molecule has 0 bridgehead atoms. The summed E-state index contributed by atoms with van der Waals surface area (Å²) < 4.78 is 5.34. The topological polar surface area (TPSA) is 38.3 Å². The van der Waals surface area contributed by atoms with E-state index in [1.165, 1.54) is 0 Å². The molecule has 0 unspecified atom stereocenters. The van der Waals surface area contributed by atoms with Gasteiger partial charge in [-0.3, -0.25) is 5.32 Å². The summed E-state index contributed by atoms with van der Waals surface area (Å²) in [7, 11) is 0. The van der Waals surface area contributed by atoms with Gasteiger partial charge in [0.15, 0.2) is 0 Å². The van der Waals surface area contributed by atoms with E-state index in [2.05, 4.69) is 5.32 Å². The minimum absolute atomic E-state index is 0.469. The molecule has 0 aliphatic carbocycles. The minimum Gasteiger partial charge on any atom is -0.410 e. The highest BCUT2D eigenvalue weighted by atomic mass is 16.6. The number of hydrogen-bond acceptors (Lipinski definition) is 2. The molecule has 0 fully saturated rings. The molecule has 0 atom stereocenters. The molecule has 1 N–H and O–H groups in total. The summed E-state index contributed by atoms with van der Waals surface area (Å²) in [5.41, 5.74) is 5.04. The number of aryl methyl sites for hydroxylation is 4. The van der Waals surface area contributed by atoms with E-state index in [1.54, 1.807) is 0 Å². The lowest BCUT2D eigenvalue weighted by atomic mass is 10.1. The predicted octanol–water partition coefficient (Wildman–Crippen LogP) is 4.53. The van der Waals surface area contributed by atoms with Crippen LogP contribution in [0.4, 0.5) is 10.5 Å². The standard InChI is InChI=1S/C17H19NO2/c1-11-5-7-15(13(3)9-11)18-17(19)20-16-8-6-12(2)10-14(16)4/h5-10H,1-4H3,(H,18,19). The van der Waals surface area contributed by atoms with Crippen molar-refractivity contribution in [1.82, 2.24) is 0 Å². The predicted molar refractivity (Wildman–Crippen MR) is 81.5 cm³/mol. The molecular formula is C17H19NO2. The number of nitrogens with one attached hydrogen (secondary N) is 1. The maximum absolute atomic E-state index is 11.9. The maximum atomic E-state index is 11.9. The Morgan fingerprint density at radius 3 is 2.10 bits per heavy atom. The number of carbonyl (C=O) groups is 1. The molecule has 2 aromatic carbocycles. The van der Waals surface area contributed by atoms with E-state index in [0.717, 1.165) is 27.9 Å². The van der Waals surface area contributed by atoms with Crippen molar-refractivity contribution in [3.8, 4) is 5.75 Å². The number of benzene rings is 2. The Hall–Kier alpha value is -2.29. The Bertz CT molecular complexity index is 592. The van der Waals surface area contributed by atoms with Crippen LogP contribution in [0.2, 0.25) is 0 Å². The summed E-state index contributed by atoms with van der Waals surface area (Å²) in [6.07, 6.45) is -0.469. The molecular weight excluding hydrogens is 250 g/mol. The first-order valence-corrected chi connectivity index (χ1v) is 6.59. The highest BCUT2D eigenvalue weighted by Gasteiger charge is 2.09. The van der Waals surface area contributed by atoms with E-state index < -0.39 is 6.09 Å². The fourth-order valence-electron chi connectivity index (χ4n) is 2.10. The Balaban J connectivity index is 2.09. The van der Waals surface area contributed by atoms with Gasteiger partial charge in [-0.1, -0.05) is 35.4 Å². The number of carbonyl (C=O) groups excluding carboxylic acids is 1. The molecule has 3 nitrogen and oxygen atoms in total. The smallest absolute Gasteiger partial charge is 0.410 e. The van der Waals surface area contributed by atoms with E-state index in [-0.39, 0.29) is 0 Å². The fourth-order valence-corrected chi connectivity index (χ4v) is 2.10. The zero-order valence-corrected chi connectivity index (χ0v) is 12.3. The quantitative estimate of drug-likeness (QED) is 0.869. The normalized spacial score (nSPS) is 10.2. The molecule has 1 amide bonds. The summed E-state index contributed by atoms with van der Waals surface area (Å²) >= 11 is 0. The fraction of sp³-hybridized carbons (Fsp3) is 0.235. The summed E-state index contributed by atoms with van der Waals surface area (Å²) in [6.45, 7) is 7.91. The van der Waals surface area contributed by atoms with Crippen LogP contribution in [0.3, 0.4) is 0 Å². The van der Waals surface area contributed by atoms with Crippen molar-refractivity contribution in [3.05, 3.63) is 58.7 Å². The highest BCUT2D eigenvalue weighted by Crippen LogP contribution is 2.20. The van der Waals surface area contributed by atoms with Gasteiger partial charge in [-0.2, -0.15) is 0 Å². The van der Waals surface area contributed by atoms with Crippen molar-refractivity contribution in [2.24, 2.45) is 0 Å². The van der Waals surface area contributed by atoms with Crippen molar-refractivity contribution >= 4 is 11.8 Å². The van der Waals surface area contributed by atoms with Gasteiger partial charge >= 0.3 is 6.09 Å². The molecule has 0 saturated heterocycles. The molecule has 0 aliphatic rings. The van der Waals surface area contributed by atoms with E-state index in [1.807, 2.05) is 64.1 Å². The number of amides is 1. The van der Waals surface area contributed by atoms with Crippen LogP contribution in [0.1, 0.15) is 22.3 Å². The van der Waals surface area contributed by atoms with Gasteiger partial charge in [0, 0.05) is 5.69 Å². The zero-order chi connectivity index (χ0) is 14.7. The zero-order valence-electron chi connectivity index (χ0n) is 12.3. The Labute approximate surface area is 119 Å². The third kappa shape index (κ3) is 3.38. The molecule has 0 saturated carbocycles. The lowest BCUT2D eigenvalue weighted by Gasteiger charge is -2.11. The first-order valence-electron chi connectivity index (χ1n) is 6.59. The number of anilines is 1. The van der Waals surface area contributed by atoms with Crippen LogP contribution in [0.25, 0.3) is 0 Å². The number of rotatable bonds is 2. The monoisotopic (exact) mass is 269 g/mol. The van der Waals surface area contributed by atoms with Gasteiger partial charge in [-0.05, 0) is 51.0 Å². The minimum atomic E-state index is -0.469. The molecule has 3 heteroatoms. The summed E-state index contributed by atoms with van der Waals surface area (Å²) in [5, 5.41) is 2.77. The average Bonchev–Trinajstić information content (AvgIpc) is 2.36. The maximum Gasteiger partial charge on any atom is 0.417 e. The van der Waals surface area contributed by atoms with Crippen molar-refractivity contribution in [1.29, 1.82) is 0 Å². The van der Waals surface area contributed by atoms with Crippen LogP contribution in [-0.4, -0.2) is 6.09 Å². The summed E-state index contributed by atoms with van der Waals surface area (Å²) in [4.78, 5) is 11.9. The van der Waals surface area contributed by atoms with E-state index in [9.17, 15) is 4.79 Å². The van der Waals surface area contributed by atoms with Crippen molar-refractivity contribution in [2.45, 2.75) is 27.7 Å². The van der Waals surface area contributed by atoms with Crippen LogP contribution in [0.15, 0.2) is 36.4 Å². The Morgan fingerprint density at radius 2 is 1.50 bits per heavy atom. The van der Waals surface area contributed by atoms with Gasteiger partial charge in [0.05, 0.1) is 0 Å². The van der Waals surface area contributed by atoms with Crippen molar-refractivity contribution < 1.29 is 9.53 Å². The molecule has 0 heterocycles. The molecule has 0 spiro atoms. The molecule has 2 rings (SSSR count). The van der Waals surface area contributed by atoms with Gasteiger partial charge in [0.25, 0.3) is 0 Å². The molecule has 0 radical (unpaired) electrons.